The predicted octanol–water partition coefficient (Wildman–Crippen LogP) is 4.09. The molecule has 2 heterocycles. The maximum Gasteiger partial charge on any atom is 0.240 e. The molecule has 1 aromatic heterocycles. The molecular formula is C19H17ClFN5OS. The molecule has 3 aromatic rings. The molecule has 2 atom stereocenters. The van der Waals surface area contributed by atoms with Crippen molar-refractivity contribution in [3.63, 3.8) is 0 Å². The summed E-state index contributed by atoms with van der Waals surface area (Å²) in [7, 11) is 0. The lowest BCUT2D eigenvalue weighted by atomic mass is 10.0. The van der Waals surface area contributed by atoms with Gasteiger partial charge in [-0.2, -0.15) is 0 Å². The van der Waals surface area contributed by atoms with Gasteiger partial charge in [-0.15, -0.1) is 10.2 Å². The number of nitrogens with one attached hydrogen (secondary N) is 2. The second kappa shape index (κ2) is 7.44. The van der Waals surface area contributed by atoms with Crippen molar-refractivity contribution < 1.29 is 9.18 Å². The van der Waals surface area contributed by atoms with Crippen LogP contribution in [0.4, 0.5) is 10.1 Å². The van der Waals surface area contributed by atoms with Crippen LogP contribution in [-0.2, 0) is 4.79 Å². The second-order valence-electron chi connectivity index (χ2n) is 6.46. The van der Waals surface area contributed by atoms with Crippen LogP contribution < -0.4 is 10.7 Å². The Balaban J connectivity index is 1.68. The number of amides is 1. The van der Waals surface area contributed by atoms with Gasteiger partial charge in [0.05, 0.1) is 6.04 Å². The molecule has 0 radical (unpaired) electrons. The lowest BCUT2D eigenvalue weighted by Crippen LogP contribution is -2.41. The van der Waals surface area contributed by atoms with Gasteiger partial charge in [0.15, 0.2) is 0 Å². The number of nitrogens with zero attached hydrogens (tertiary/aromatic N) is 3. The Morgan fingerprint density at radius 3 is 2.71 bits per heavy atom. The normalized spacial score (nSPS) is 18.3. The first-order chi connectivity index (χ1) is 13.4. The number of anilines is 1. The zero-order valence-electron chi connectivity index (χ0n) is 15.1. The van der Waals surface area contributed by atoms with Gasteiger partial charge in [0.1, 0.15) is 16.9 Å². The van der Waals surface area contributed by atoms with E-state index in [2.05, 4.69) is 20.9 Å². The van der Waals surface area contributed by atoms with E-state index in [-0.39, 0.29) is 11.7 Å². The van der Waals surface area contributed by atoms with Crippen LogP contribution in [0.3, 0.4) is 0 Å². The number of hydrogen-bond donors (Lipinski definition) is 2. The molecule has 0 saturated carbocycles. The first-order valence-corrected chi connectivity index (χ1v) is 9.86. The molecule has 0 bridgehead atoms. The van der Waals surface area contributed by atoms with Crippen molar-refractivity contribution in [2.45, 2.75) is 30.3 Å². The standard InChI is InChI=1S/C19H17ClFN5OS/c1-10-14(20)4-3-5-15(10)22-18(27)17-16(12-6-8-13(21)9-7-12)25-26-11(2)23-24-19(26)28-17/h3-9,16-17,25H,1-2H3,(H,22,27)/t16-,17+/m0/s1. The number of aryl methyl sites for hydroxylation is 1. The summed E-state index contributed by atoms with van der Waals surface area (Å²) < 4.78 is 15.1. The Morgan fingerprint density at radius 1 is 1.21 bits per heavy atom. The van der Waals surface area contributed by atoms with E-state index in [9.17, 15) is 9.18 Å². The largest absolute Gasteiger partial charge is 0.325 e. The minimum atomic E-state index is -0.542. The number of rotatable bonds is 3. The van der Waals surface area contributed by atoms with E-state index < -0.39 is 11.3 Å². The van der Waals surface area contributed by atoms with Crippen LogP contribution in [0.2, 0.25) is 5.02 Å². The summed E-state index contributed by atoms with van der Waals surface area (Å²) in [6.45, 7) is 3.67. The number of halogens is 2. The minimum Gasteiger partial charge on any atom is -0.325 e. The van der Waals surface area contributed by atoms with E-state index in [1.54, 1.807) is 35.0 Å². The first kappa shape index (κ1) is 18.8. The molecule has 0 saturated heterocycles. The minimum absolute atomic E-state index is 0.205. The fourth-order valence-corrected chi connectivity index (χ4v) is 4.33. The molecule has 1 aliphatic heterocycles. The number of thioether (sulfide) groups is 1. The van der Waals surface area contributed by atoms with Crippen molar-refractivity contribution in [1.82, 2.24) is 14.9 Å². The number of hydrogen-bond acceptors (Lipinski definition) is 5. The van der Waals surface area contributed by atoms with Crippen molar-refractivity contribution in [3.05, 3.63) is 70.3 Å². The molecule has 1 aliphatic rings. The fourth-order valence-electron chi connectivity index (χ4n) is 3.03. The summed E-state index contributed by atoms with van der Waals surface area (Å²) in [5, 5.41) is 11.8. The van der Waals surface area contributed by atoms with Gasteiger partial charge in [0, 0.05) is 10.7 Å². The second-order valence-corrected chi connectivity index (χ2v) is 7.98. The third-order valence-electron chi connectivity index (χ3n) is 4.61. The molecule has 1 amide bonds. The Bertz CT molecular complexity index is 1040. The monoisotopic (exact) mass is 417 g/mol. The molecule has 28 heavy (non-hydrogen) atoms. The highest BCUT2D eigenvalue weighted by molar-refractivity contribution is 8.00. The number of fused-ring (bicyclic) bond motifs is 1. The highest BCUT2D eigenvalue weighted by atomic mass is 35.5. The van der Waals surface area contributed by atoms with E-state index in [0.29, 0.717) is 21.7 Å². The Labute approximate surface area is 170 Å². The van der Waals surface area contributed by atoms with E-state index >= 15 is 0 Å². The molecule has 0 fully saturated rings. The molecule has 0 aliphatic carbocycles. The predicted molar refractivity (Wildman–Crippen MR) is 108 cm³/mol. The Hall–Kier alpha value is -2.58. The van der Waals surface area contributed by atoms with Crippen LogP contribution >= 0.6 is 23.4 Å². The van der Waals surface area contributed by atoms with Gasteiger partial charge in [-0.25, -0.2) is 9.07 Å². The van der Waals surface area contributed by atoms with Gasteiger partial charge >= 0.3 is 0 Å². The number of aromatic nitrogens is 3. The van der Waals surface area contributed by atoms with Gasteiger partial charge in [0.25, 0.3) is 0 Å². The Morgan fingerprint density at radius 2 is 1.96 bits per heavy atom. The third-order valence-corrected chi connectivity index (χ3v) is 6.24. The zero-order chi connectivity index (χ0) is 19.8. The third kappa shape index (κ3) is 3.45. The molecule has 2 N–H and O–H groups in total. The lowest BCUT2D eigenvalue weighted by Gasteiger charge is -2.32. The maximum atomic E-state index is 13.4. The van der Waals surface area contributed by atoms with Crippen LogP contribution in [0.1, 0.15) is 23.0 Å². The summed E-state index contributed by atoms with van der Waals surface area (Å²) in [4.78, 5) is 13.2. The van der Waals surface area contributed by atoms with Crippen LogP contribution in [0.25, 0.3) is 0 Å². The van der Waals surface area contributed by atoms with Crippen molar-refractivity contribution in [2.75, 3.05) is 10.7 Å². The fraction of sp³-hybridized carbons (Fsp3) is 0.211. The van der Waals surface area contributed by atoms with Gasteiger partial charge in [-0.1, -0.05) is 41.6 Å². The van der Waals surface area contributed by atoms with Gasteiger partial charge in [-0.3, -0.25) is 4.79 Å². The quantitative estimate of drug-likeness (QED) is 0.671. The van der Waals surface area contributed by atoms with E-state index in [4.69, 9.17) is 11.6 Å². The summed E-state index contributed by atoms with van der Waals surface area (Å²) in [6, 6.07) is 11.1. The molecular weight excluding hydrogens is 401 g/mol. The molecule has 2 aromatic carbocycles. The van der Waals surface area contributed by atoms with Crippen LogP contribution in [0.5, 0.6) is 0 Å². The summed E-state index contributed by atoms with van der Waals surface area (Å²) in [6.07, 6.45) is 0. The molecule has 0 spiro atoms. The van der Waals surface area contributed by atoms with E-state index in [0.717, 1.165) is 11.1 Å². The van der Waals surface area contributed by atoms with E-state index in [1.807, 2.05) is 13.8 Å². The van der Waals surface area contributed by atoms with Crippen LogP contribution in [0.15, 0.2) is 47.6 Å². The highest BCUT2D eigenvalue weighted by Gasteiger charge is 2.37. The average Bonchev–Trinajstić information content (AvgIpc) is 3.05. The molecule has 9 heteroatoms. The maximum absolute atomic E-state index is 13.4. The highest BCUT2D eigenvalue weighted by Crippen LogP contribution is 2.37. The molecule has 144 valence electrons. The number of benzene rings is 2. The van der Waals surface area contributed by atoms with Gasteiger partial charge < -0.3 is 10.7 Å². The molecule has 4 rings (SSSR count). The smallest absolute Gasteiger partial charge is 0.240 e. The molecule has 0 unspecified atom stereocenters. The number of carbonyl (C=O) groups excluding carboxylic acids is 1. The SMILES string of the molecule is Cc1c(Cl)cccc1NC(=O)[C@@H]1Sc2nnc(C)n2N[C@H]1c1ccc(F)cc1. The molecule has 6 nitrogen and oxygen atoms in total. The zero-order valence-corrected chi connectivity index (χ0v) is 16.7. The first-order valence-electron chi connectivity index (χ1n) is 8.60. The number of carbonyl (C=O) groups is 1. The van der Waals surface area contributed by atoms with Crippen molar-refractivity contribution in [1.29, 1.82) is 0 Å². The summed E-state index contributed by atoms with van der Waals surface area (Å²) in [5.41, 5.74) is 5.52. The summed E-state index contributed by atoms with van der Waals surface area (Å²) >= 11 is 7.48. The van der Waals surface area contributed by atoms with Crippen molar-refractivity contribution in [3.8, 4) is 0 Å². The van der Waals surface area contributed by atoms with Crippen molar-refractivity contribution >= 4 is 35.0 Å². The van der Waals surface area contributed by atoms with Crippen LogP contribution in [0, 0.1) is 19.7 Å². The Kier molecular flexibility index (Phi) is 4.99. The van der Waals surface area contributed by atoms with Crippen LogP contribution in [-0.4, -0.2) is 26.0 Å². The summed E-state index contributed by atoms with van der Waals surface area (Å²) in [5.74, 6) is 0.146. The lowest BCUT2D eigenvalue weighted by molar-refractivity contribution is -0.116. The topological polar surface area (TPSA) is 71.8 Å². The van der Waals surface area contributed by atoms with Crippen molar-refractivity contribution in [2.24, 2.45) is 0 Å². The average molecular weight is 418 g/mol. The van der Waals surface area contributed by atoms with Gasteiger partial charge in [-0.05, 0) is 49.2 Å². The van der Waals surface area contributed by atoms with Gasteiger partial charge in [0.2, 0.25) is 11.1 Å². The van der Waals surface area contributed by atoms with E-state index in [1.165, 1.54) is 23.9 Å².